The molecule has 0 fully saturated rings. The van der Waals surface area contributed by atoms with Crippen LogP contribution in [0.15, 0.2) is 16.6 Å². The Bertz CT molecular complexity index is 509. The molecule has 0 aromatic heterocycles. The molecular formula is C9H4BrNO4. The average Bonchev–Trinajstić information content (AvgIpc) is 2.43. The molecule has 0 atom stereocenters. The van der Waals surface area contributed by atoms with Gasteiger partial charge in [0.1, 0.15) is 0 Å². The molecule has 0 amide bonds. The third-order valence-electron chi connectivity index (χ3n) is 2.22. The summed E-state index contributed by atoms with van der Waals surface area (Å²) in [4.78, 5) is 32.6. The van der Waals surface area contributed by atoms with Crippen LogP contribution in [0.4, 0.5) is 5.69 Å². The summed E-state index contributed by atoms with van der Waals surface area (Å²) in [6, 6.07) is 2.74. The molecule has 6 heteroatoms. The van der Waals surface area contributed by atoms with Crippen molar-refractivity contribution in [2.45, 2.75) is 6.42 Å². The molecule has 1 aromatic carbocycles. The minimum atomic E-state index is -0.644. The lowest BCUT2D eigenvalue weighted by Gasteiger charge is -1.99. The van der Waals surface area contributed by atoms with Crippen LogP contribution in [0, 0.1) is 10.1 Å². The maximum Gasteiger partial charge on any atom is 0.274 e. The fourth-order valence-corrected chi connectivity index (χ4v) is 2.01. The molecule has 0 saturated carbocycles. The highest BCUT2D eigenvalue weighted by Crippen LogP contribution is 2.32. The largest absolute Gasteiger partial charge is 0.290 e. The van der Waals surface area contributed by atoms with E-state index in [1.165, 1.54) is 12.1 Å². The highest BCUT2D eigenvalue weighted by Gasteiger charge is 2.34. The van der Waals surface area contributed by atoms with Crippen molar-refractivity contribution in [3.8, 4) is 0 Å². The van der Waals surface area contributed by atoms with Gasteiger partial charge in [-0.2, -0.15) is 0 Å². The summed E-state index contributed by atoms with van der Waals surface area (Å²) in [6.07, 6.45) is -0.169. The second-order valence-corrected chi connectivity index (χ2v) is 4.05. The van der Waals surface area contributed by atoms with Crippen molar-refractivity contribution < 1.29 is 14.5 Å². The molecule has 5 nitrogen and oxygen atoms in total. The summed E-state index contributed by atoms with van der Waals surface area (Å²) in [5, 5.41) is 10.7. The SMILES string of the molecule is O=C1Cc2c(cc(Br)cc2[N+](=O)[O-])C1=O. The van der Waals surface area contributed by atoms with Crippen LogP contribution in [-0.4, -0.2) is 16.5 Å². The van der Waals surface area contributed by atoms with Gasteiger partial charge in [-0.3, -0.25) is 19.7 Å². The van der Waals surface area contributed by atoms with Gasteiger partial charge in [0.15, 0.2) is 0 Å². The van der Waals surface area contributed by atoms with Gasteiger partial charge in [-0.15, -0.1) is 0 Å². The van der Waals surface area contributed by atoms with E-state index in [0.29, 0.717) is 4.47 Å². The monoisotopic (exact) mass is 269 g/mol. The van der Waals surface area contributed by atoms with Crippen LogP contribution in [0.25, 0.3) is 0 Å². The number of hydrogen-bond acceptors (Lipinski definition) is 4. The van der Waals surface area contributed by atoms with Crippen molar-refractivity contribution >= 4 is 33.2 Å². The normalized spacial score (nSPS) is 14.2. The molecule has 76 valence electrons. The lowest BCUT2D eigenvalue weighted by molar-refractivity contribution is -0.385. The Morgan fingerprint density at radius 3 is 2.60 bits per heavy atom. The van der Waals surface area contributed by atoms with Crippen molar-refractivity contribution in [1.29, 1.82) is 0 Å². The predicted octanol–water partition coefficient (Wildman–Crippen LogP) is 1.67. The number of carbonyl (C=O) groups excluding carboxylic acids is 2. The molecule has 0 heterocycles. The molecule has 0 bridgehead atoms. The predicted molar refractivity (Wildman–Crippen MR) is 53.8 cm³/mol. The van der Waals surface area contributed by atoms with Gasteiger partial charge in [0.2, 0.25) is 11.6 Å². The summed E-state index contributed by atoms with van der Waals surface area (Å²) >= 11 is 3.06. The number of halogens is 1. The number of nitro groups is 1. The summed E-state index contributed by atoms with van der Waals surface area (Å²) in [7, 11) is 0. The highest BCUT2D eigenvalue weighted by atomic mass is 79.9. The van der Waals surface area contributed by atoms with Gasteiger partial charge >= 0.3 is 0 Å². The maximum atomic E-state index is 11.3. The molecule has 1 aliphatic carbocycles. The Kier molecular flexibility index (Phi) is 2.15. The fraction of sp³-hybridized carbons (Fsp3) is 0.111. The minimum absolute atomic E-state index is 0.140. The van der Waals surface area contributed by atoms with Crippen LogP contribution >= 0.6 is 15.9 Å². The number of benzene rings is 1. The summed E-state index contributed by atoms with van der Waals surface area (Å²) in [5.41, 5.74) is 0.179. The number of Topliss-reactive ketones (excluding diaryl/α,β-unsaturated/α-hetero) is 2. The van der Waals surface area contributed by atoms with E-state index in [1.807, 2.05) is 0 Å². The zero-order valence-electron chi connectivity index (χ0n) is 7.32. The van der Waals surface area contributed by atoms with Gasteiger partial charge in [-0.25, -0.2) is 0 Å². The van der Waals surface area contributed by atoms with Gasteiger partial charge in [-0.1, -0.05) is 15.9 Å². The standard InChI is InChI=1S/C9H4BrNO4/c10-4-1-6-5(3-8(12)9(6)13)7(2-4)11(14)15/h1-2H,3H2. The Morgan fingerprint density at radius 1 is 1.33 bits per heavy atom. The molecule has 1 aliphatic rings. The van der Waals surface area contributed by atoms with Gasteiger partial charge in [0, 0.05) is 28.1 Å². The first kappa shape index (κ1) is 9.97. The third-order valence-corrected chi connectivity index (χ3v) is 2.68. The average molecular weight is 270 g/mol. The molecule has 0 saturated heterocycles. The number of carbonyl (C=O) groups is 2. The molecule has 0 radical (unpaired) electrons. The Labute approximate surface area is 92.4 Å². The Balaban J connectivity index is 2.73. The van der Waals surface area contributed by atoms with Crippen LogP contribution in [0.5, 0.6) is 0 Å². The van der Waals surface area contributed by atoms with Crippen molar-refractivity contribution in [3.05, 3.63) is 37.8 Å². The number of rotatable bonds is 1. The van der Waals surface area contributed by atoms with E-state index in [-0.39, 0.29) is 23.2 Å². The molecule has 15 heavy (non-hydrogen) atoms. The molecule has 0 N–H and O–H groups in total. The number of hydrogen-bond donors (Lipinski definition) is 0. The molecule has 1 aromatic rings. The molecule has 0 unspecified atom stereocenters. The van der Waals surface area contributed by atoms with Gasteiger partial charge in [-0.05, 0) is 6.07 Å². The van der Waals surface area contributed by atoms with Gasteiger partial charge in [0.05, 0.1) is 4.92 Å². The van der Waals surface area contributed by atoms with Gasteiger partial charge in [0.25, 0.3) is 5.69 Å². The number of nitro benzene ring substituents is 1. The second kappa shape index (κ2) is 3.23. The van der Waals surface area contributed by atoms with Crippen LogP contribution < -0.4 is 0 Å². The minimum Gasteiger partial charge on any atom is -0.290 e. The van der Waals surface area contributed by atoms with Crippen molar-refractivity contribution in [2.75, 3.05) is 0 Å². The summed E-state index contributed by atoms with van der Waals surface area (Å²) in [5.74, 6) is -1.24. The number of ketones is 2. The van der Waals surface area contributed by atoms with Crippen LogP contribution in [0.1, 0.15) is 15.9 Å². The first-order valence-corrected chi connectivity index (χ1v) is 4.84. The maximum absolute atomic E-state index is 11.3. The van der Waals surface area contributed by atoms with E-state index in [2.05, 4.69) is 15.9 Å². The number of nitrogens with zero attached hydrogens (tertiary/aromatic N) is 1. The van der Waals surface area contributed by atoms with E-state index in [9.17, 15) is 19.7 Å². The third kappa shape index (κ3) is 1.46. The zero-order valence-corrected chi connectivity index (χ0v) is 8.91. The first-order valence-electron chi connectivity index (χ1n) is 4.05. The van der Waals surface area contributed by atoms with Crippen LogP contribution in [0.2, 0.25) is 0 Å². The van der Waals surface area contributed by atoms with E-state index >= 15 is 0 Å². The van der Waals surface area contributed by atoms with Crippen molar-refractivity contribution in [1.82, 2.24) is 0 Å². The first-order chi connectivity index (χ1) is 7.00. The number of fused-ring (bicyclic) bond motifs is 1. The zero-order chi connectivity index (χ0) is 11.2. The highest BCUT2D eigenvalue weighted by molar-refractivity contribution is 9.10. The summed E-state index contributed by atoms with van der Waals surface area (Å²) in [6.45, 7) is 0. The van der Waals surface area contributed by atoms with E-state index in [0.717, 1.165) is 0 Å². The van der Waals surface area contributed by atoms with Crippen molar-refractivity contribution in [3.63, 3.8) is 0 Å². The topological polar surface area (TPSA) is 77.3 Å². The lowest BCUT2D eigenvalue weighted by Crippen LogP contribution is -2.05. The molecule has 0 spiro atoms. The van der Waals surface area contributed by atoms with Crippen LogP contribution in [-0.2, 0) is 11.2 Å². The van der Waals surface area contributed by atoms with E-state index in [4.69, 9.17) is 0 Å². The Morgan fingerprint density at radius 2 is 2.00 bits per heavy atom. The molecule has 2 rings (SSSR count). The smallest absolute Gasteiger partial charge is 0.274 e. The van der Waals surface area contributed by atoms with Crippen molar-refractivity contribution in [2.24, 2.45) is 0 Å². The fourth-order valence-electron chi connectivity index (χ4n) is 1.56. The second-order valence-electron chi connectivity index (χ2n) is 3.14. The molecular weight excluding hydrogens is 266 g/mol. The Hall–Kier alpha value is -1.56. The van der Waals surface area contributed by atoms with E-state index in [1.54, 1.807) is 0 Å². The lowest BCUT2D eigenvalue weighted by atomic mass is 10.1. The molecule has 0 aliphatic heterocycles. The van der Waals surface area contributed by atoms with E-state index < -0.39 is 16.5 Å². The van der Waals surface area contributed by atoms with Gasteiger partial charge < -0.3 is 0 Å². The van der Waals surface area contributed by atoms with Crippen LogP contribution in [0.3, 0.4) is 0 Å². The summed E-state index contributed by atoms with van der Waals surface area (Å²) < 4.78 is 0.427. The quantitative estimate of drug-likeness (QED) is 0.441.